The SMILES string of the molecule is CCOC(=O)CCCC1CCC2C3C(CC[C@]12C)[C@@]1(C)CCCCC1[C@@H](CC)[C@H]3O. The number of rotatable bonds is 6. The molecule has 3 heteroatoms. The molecule has 0 aromatic carbocycles. The minimum atomic E-state index is -0.0981. The molecule has 4 aliphatic rings. The smallest absolute Gasteiger partial charge is 0.305 e. The number of esters is 1. The van der Waals surface area contributed by atoms with Crippen molar-refractivity contribution >= 4 is 5.97 Å². The number of hydrogen-bond acceptors (Lipinski definition) is 3. The monoisotopic (exact) mass is 418 g/mol. The van der Waals surface area contributed by atoms with Crippen LogP contribution in [0.3, 0.4) is 0 Å². The van der Waals surface area contributed by atoms with E-state index < -0.39 is 0 Å². The summed E-state index contributed by atoms with van der Waals surface area (Å²) in [6.07, 6.45) is 14.4. The van der Waals surface area contributed by atoms with Gasteiger partial charge in [0.05, 0.1) is 12.7 Å². The van der Waals surface area contributed by atoms with E-state index >= 15 is 0 Å². The number of hydrogen-bond donors (Lipinski definition) is 1. The average Bonchev–Trinajstić information content (AvgIpc) is 3.05. The predicted octanol–water partition coefficient (Wildman–Crippen LogP) is 6.38. The normalized spacial score (nSPS) is 47.8. The van der Waals surface area contributed by atoms with Crippen LogP contribution >= 0.6 is 0 Å². The zero-order chi connectivity index (χ0) is 21.5. The topological polar surface area (TPSA) is 46.5 Å². The summed E-state index contributed by atoms with van der Waals surface area (Å²) in [5, 5.41) is 11.7. The first kappa shape index (κ1) is 22.6. The van der Waals surface area contributed by atoms with E-state index in [4.69, 9.17) is 4.74 Å². The lowest BCUT2D eigenvalue weighted by atomic mass is 9.41. The van der Waals surface area contributed by atoms with Crippen molar-refractivity contribution in [3.8, 4) is 0 Å². The lowest BCUT2D eigenvalue weighted by Gasteiger charge is -2.64. The molecule has 0 heterocycles. The molecule has 4 rings (SSSR count). The van der Waals surface area contributed by atoms with Gasteiger partial charge in [0.1, 0.15) is 0 Å². The standard InChI is InChI=1S/C27H46O3/c1-5-19-20-11-7-8-16-27(20,4)22-15-17-26(3)18(10-9-12-23(28)30-6-2)13-14-21(26)24(22)25(19)29/h18-22,24-25,29H,5-17H2,1-4H3/t18?,19-,20?,21?,22?,24?,25-,26-,27+/m1/s1. The molecular formula is C27H46O3. The maximum absolute atomic E-state index is 11.8. The molecule has 172 valence electrons. The summed E-state index contributed by atoms with van der Waals surface area (Å²) in [4.78, 5) is 11.8. The van der Waals surface area contributed by atoms with Crippen LogP contribution in [0.2, 0.25) is 0 Å². The second kappa shape index (κ2) is 8.75. The van der Waals surface area contributed by atoms with Crippen molar-refractivity contribution in [2.75, 3.05) is 6.61 Å². The van der Waals surface area contributed by atoms with Crippen molar-refractivity contribution in [1.82, 2.24) is 0 Å². The van der Waals surface area contributed by atoms with Gasteiger partial charge in [-0.2, -0.15) is 0 Å². The Kier molecular flexibility index (Phi) is 6.60. The van der Waals surface area contributed by atoms with Crippen LogP contribution in [-0.4, -0.2) is 23.8 Å². The van der Waals surface area contributed by atoms with Crippen LogP contribution in [0.1, 0.15) is 105 Å². The average molecular weight is 419 g/mol. The minimum absolute atomic E-state index is 0.0364. The Bertz CT molecular complexity index is 617. The van der Waals surface area contributed by atoms with Gasteiger partial charge >= 0.3 is 5.97 Å². The summed E-state index contributed by atoms with van der Waals surface area (Å²) < 4.78 is 5.14. The number of ether oxygens (including phenoxy) is 1. The first-order chi connectivity index (χ1) is 14.4. The van der Waals surface area contributed by atoms with Gasteiger partial charge in [0.15, 0.2) is 0 Å². The number of aliphatic hydroxyl groups is 1. The molecular weight excluding hydrogens is 372 g/mol. The molecule has 0 aliphatic heterocycles. The molecule has 0 amide bonds. The van der Waals surface area contributed by atoms with Crippen molar-refractivity contribution < 1.29 is 14.6 Å². The van der Waals surface area contributed by atoms with Crippen molar-refractivity contribution in [3.63, 3.8) is 0 Å². The molecule has 4 saturated carbocycles. The number of carbonyl (C=O) groups is 1. The summed E-state index contributed by atoms with van der Waals surface area (Å²) in [7, 11) is 0. The molecule has 0 saturated heterocycles. The summed E-state index contributed by atoms with van der Waals surface area (Å²) in [6, 6.07) is 0. The Morgan fingerprint density at radius 3 is 2.47 bits per heavy atom. The highest BCUT2D eigenvalue weighted by molar-refractivity contribution is 5.69. The van der Waals surface area contributed by atoms with Crippen LogP contribution in [0.15, 0.2) is 0 Å². The quantitative estimate of drug-likeness (QED) is 0.509. The van der Waals surface area contributed by atoms with Gasteiger partial charge < -0.3 is 9.84 Å². The van der Waals surface area contributed by atoms with Crippen molar-refractivity contribution in [3.05, 3.63) is 0 Å². The zero-order valence-electron chi connectivity index (χ0n) is 20.0. The van der Waals surface area contributed by atoms with Gasteiger partial charge in [0.25, 0.3) is 0 Å². The van der Waals surface area contributed by atoms with Crippen LogP contribution in [0.5, 0.6) is 0 Å². The molecule has 4 fully saturated rings. The summed E-state index contributed by atoms with van der Waals surface area (Å²) >= 11 is 0. The van der Waals surface area contributed by atoms with Gasteiger partial charge in [-0.1, -0.05) is 40.0 Å². The van der Waals surface area contributed by atoms with Crippen molar-refractivity contribution in [1.29, 1.82) is 0 Å². The minimum Gasteiger partial charge on any atom is -0.466 e. The van der Waals surface area contributed by atoms with Crippen LogP contribution in [0, 0.1) is 46.3 Å². The fourth-order valence-corrected chi connectivity index (χ4v) is 9.35. The molecule has 0 aromatic rings. The highest BCUT2D eigenvalue weighted by atomic mass is 16.5. The summed E-state index contributed by atoms with van der Waals surface area (Å²) in [6.45, 7) is 9.84. The Hall–Kier alpha value is -0.570. The van der Waals surface area contributed by atoms with Gasteiger partial charge in [0, 0.05) is 6.42 Å². The number of carbonyl (C=O) groups excluding carboxylic acids is 1. The fourth-order valence-electron chi connectivity index (χ4n) is 9.35. The highest BCUT2D eigenvalue weighted by Crippen LogP contribution is 2.69. The molecule has 3 nitrogen and oxygen atoms in total. The summed E-state index contributed by atoms with van der Waals surface area (Å²) in [5.74, 6) is 3.81. The first-order valence-electron chi connectivity index (χ1n) is 13.2. The van der Waals surface area contributed by atoms with E-state index in [1.54, 1.807) is 0 Å². The molecule has 0 spiro atoms. The van der Waals surface area contributed by atoms with Gasteiger partial charge in [-0.25, -0.2) is 0 Å². The second-order valence-electron chi connectivity index (χ2n) is 11.7. The fraction of sp³-hybridized carbons (Fsp3) is 0.963. The third kappa shape index (κ3) is 3.55. The zero-order valence-corrected chi connectivity index (χ0v) is 20.0. The Balaban J connectivity index is 1.51. The van der Waals surface area contributed by atoms with Gasteiger partial charge in [-0.3, -0.25) is 4.79 Å². The molecule has 0 aromatic heterocycles. The molecule has 0 bridgehead atoms. The summed E-state index contributed by atoms with van der Waals surface area (Å²) in [5.41, 5.74) is 0.805. The van der Waals surface area contributed by atoms with Crippen LogP contribution in [0.4, 0.5) is 0 Å². The molecule has 1 N–H and O–H groups in total. The molecule has 4 aliphatic carbocycles. The van der Waals surface area contributed by atoms with Gasteiger partial charge in [0.2, 0.25) is 0 Å². The van der Waals surface area contributed by atoms with E-state index in [-0.39, 0.29) is 12.1 Å². The van der Waals surface area contributed by atoms with Crippen molar-refractivity contribution in [2.45, 2.75) is 111 Å². The molecule has 9 atom stereocenters. The Morgan fingerprint density at radius 1 is 0.967 bits per heavy atom. The Labute approximate surface area is 184 Å². The maximum atomic E-state index is 11.8. The maximum Gasteiger partial charge on any atom is 0.305 e. The van der Waals surface area contributed by atoms with Crippen LogP contribution in [0.25, 0.3) is 0 Å². The largest absolute Gasteiger partial charge is 0.466 e. The second-order valence-corrected chi connectivity index (χ2v) is 11.7. The van der Waals surface area contributed by atoms with E-state index in [0.717, 1.165) is 31.1 Å². The van der Waals surface area contributed by atoms with Crippen LogP contribution < -0.4 is 0 Å². The van der Waals surface area contributed by atoms with E-state index in [9.17, 15) is 9.90 Å². The molecule has 30 heavy (non-hydrogen) atoms. The van der Waals surface area contributed by atoms with E-state index in [1.165, 1.54) is 51.4 Å². The lowest BCUT2D eigenvalue weighted by molar-refractivity contribution is -0.193. The van der Waals surface area contributed by atoms with Gasteiger partial charge in [-0.15, -0.1) is 0 Å². The van der Waals surface area contributed by atoms with E-state index in [2.05, 4.69) is 20.8 Å². The first-order valence-corrected chi connectivity index (χ1v) is 13.2. The van der Waals surface area contributed by atoms with E-state index in [1.807, 2.05) is 6.92 Å². The van der Waals surface area contributed by atoms with Gasteiger partial charge in [-0.05, 0) is 105 Å². The third-order valence-electron chi connectivity index (χ3n) is 10.8. The number of aliphatic hydroxyl groups excluding tert-OH is 1. The van der Waals surface area contributed by atoms with Crippen LogP contribution in [-0.2, 0) is 9.53 Å². The lowest BCUT2D eigenvalue weighted by Crippen LogP contribution is -2.61. The number of fused-ring (bicyclic) bond motifs is 5. The Morgan fingerprint density at radius 2 is 1.73 bits per heavy atom. The highest BCUT2D eigenvalue weighted by Gasteiger charge is 2.63. The third-order valence-corrected chi connectivity index (χ3v) is 10.8. The van der Waals surface area contributed by atoms with Crippen molar-refractivity contribution in [2.24, 2.45) is 46.3 Å². The molecule has 5 unspecified atom stereocenters. The van der Waals surface area contributed by atoms with E-state index in [0.29, 0.717) is 47.5 Å². The predicted molar refractivity (Wildman–Crippen MR) is 121 cm³/mol. The molecule has 0 radical (unpaired) electrons.